The van der Waals surface area contributed by atoms with Gasteiger partial charge in [0.1, 0.15) is 6.23 Å². The number of nitrogens with one attached hydrogen (secondary N) is 1. The number of aromatic amines is 1. The molecule has 1 aromatic heterocycles. The molecule has 1 unspecified atom stereocenters. The first-order valence-corrected chi connectivity index (χ1v) is 7.58. The van der Waals surface area contributed by atoms with Crippen LogP contribution >= 0.6 is 7.82 Å². The van der Waals surface area contributed by atoms with Crippen molar-refractivity contribution in [3.63, 3.8) is 0 Å². The van der Waals surface area contributed by atoms with E-state index in [9.17, 15) is 19.0 Å². The predicted molar refractivity (Wildman–Crippen MR) is 68.3 cm³/mol. The number of nitrogens with zero attached hydrogens (tertiary/aromatic N) is 1. The molecule has 1 saturated heterocycles. The summed E-state index contributed by atoms with van der Waals surface area (Å²) in [6.07, 6.45) is 0.0188. The molecule has 2 heterocycles. The number of aromatic nitrogens is 2. The Labute approximate surface area is 147 Å². The molecule has 4 N–H and O–H groups in total. The molecule has 118 valence electrons. The molecule has 0 amide bonds. The summed E-state index contributed by atoms with van der Waals surface area (Å²) in [6, 6.07) is -0.583. The van der Waals surface area contributed by atoms with Gasteiger partial charge in [0.25, 0.3) is 13.4 Å². The number of ether oxygens (including phenoxy) is 1. The van der Waals surface area contributed by atoms with Crippen LogP contribution in [0.15, 0.2) is 15.8 Å². The molecular formula is C10H15N3NaO7P. The van der Waals surface area contributed by atoms with Gasteiger partial charge in [-0.05, 0) is 6.92 Å². The van der Waals surface area contributed by atoms with Gasteiger partial charge < -0.3 is 24.8 Å². The summed E-state index contributed by atoms with van der Waals surface area (Å²) in [5.41, 5.74) is 4.97. The van der Waals surface area contributed by atoms with Gasteiger partial charge in [-0.15, -0.1) is 0 Å². The molecule has 0 spiro atoms. The van der Waals surface area contributed by atoms with E-state index >= 15 is 0 Å². The molecule has 0 saturated carbocycles. The van der Waals surface area contributed by atoms with E-state index < -0.39 is 44.1 Å². The van der Waals surface area contributed by atoms with Gasteiger partial charge in [0.2, 0.25) is 0 Å². The van der Waals surface area contributed by atoms with Crippen LogP contribution in [0.3, 0.4) is 0 Å². The van der Waals surface area contributed by atoms with Crippen LogP contribution in [0.2, 0.25) is 0 Å². The Hall–Kier alpha value is -0.290. The van der Waals surface area contributed by atoms with Crippen molar-refractivity contribution in [1.29, 1.82) is 0 Å². The molecule has 1 aliphatic heterocycles. The third-order valence-corrected chi connectivity index (χ3v) is 3.62. The fraction of sp³-hybridized carbons (Fsp3) is 0.600. The Morgan fingerprint density at radius 1 is 1.64 bits per heavy atom. The number of phosphoric ester groups is 1. The van der Waals surface area contributed by atoms with Crippen LogP contribution < -0.4 is 51.4 Å². The first kappa shape index (κ1) is 19.8. The number of aryl methyl sites for hydroxylation is 1. The van der Waals surface area contributed by atoms with E-state index in [0.29, 0.717) is 5.56 Å². The molecule has 1 aromatic rings. The minimum Gasteiger partial charge on any atom is -0.756 e. The zero-order chi connectivity index (χ0) is 15.8. The molecule has 1 aliphatic rings. The third-order valence-electron chi connectivity index (χ3n) is 3.14. The van der Waals surface area contributed by atoms with Crippen LogP contribution in [0.1, 0.15) is 18.2 Å². The van der Waals surface area contributed by atoms with E-state index in [1.165, 1.54) is 17.7 Å². The average molecular weight is 343 g/mol. The monoisotopic (exact) mass is 343 g/mol. The number of rotatable bonds is 4. The SMILES string of the molecule is Cc1cn([C@H]2C[C@H](N)[C@@H](COP(=O)([O-])O)O2)c(=O)[nH]c1=O.[Na+]. The molecule has 0 aliphatic carbocycles. The predicted octanol–water partition coefficient (Wildman–Crippen LogP) is -5.06. The van der Waals surface area contributed by atoms with Gasteiger partial charge in [0.05, 0.1) is 12.7 Å². The van der Waals surface area contributed by atoms with Crippen molar-refractivity contribution in [2.45, 2.75) is 31.7 Å². The standard InChI is InChI=1S/C10H16N3O7P.Na/c1-5-3-13(10(15)12-9(5)14)8-2-6(11)7(20-8)4-19-21(16,17)18;/h3,6-8H,2,4,11H2,1H3,(H,12,14,15)(H2,16,17,18);/q;+1/p-1/t6-,7+,8+;/m0./s1. The smallest absolute Gasteiger partial charge is 0.756 e. The van der Waals surface area contributed by atoms with E-state index in [-0.39, 0.29) is 36.0 Å². The van der Waals surface area contributed by atoms with E-state index in [1.54, 1.807) is 0 Å². The maximum atomic E-state index is 11.7. The van der Waals surface area contributed by atoms with Gasteiger partial charge in [-0.1, -0.05) is 0 Å². The maximum absolute atomic E-state index is 11.7. The summed E-state index contributed by atoms with van der Waals surface area (Å²) >= 11 is 0. The Morgan fingerprint density at radius 3 is 2.86 bits per heavy atom. The average Bonchev–Trinajstić information content (AvgIpc) is 2.72. The second kappa shape index (κ2) is 7.52. The molecule has 4 atom stereocenters. The molecule has 10 nitrogen and oxygen atoms in total. The zero-order valence-corrected chi connectivity index (χ0v) is 15.0. The van der Waals surface area contributed by atoms with E-state index in [2.05, 4.69) is 9.51 Å². The summed E-state index contributed by atoms with van der Waals surface area (Å²) in [6.45, 7) is 1.08. The minimum atomic E-state index is -4.86. The number of phosphoric acid groups is 1. The maximum Gasteiger partial charge on any atom is 1.00 e. The van der Waals surface area contributed by atoms with Gasteiger partial charge >= 0.3 is 35.2 Å². The quantitative estimate of drug-likeness (QED) is 0.362. The van der Waals surface area contributed by atoms with Crippen molar-refractivity contribution in [3.8, 4) is 0 Å². The molecular weight excluding hydrogens is 328 g/mol. The fourth-order valence-corrected chi connectivity index (χ4v) is 2.39. The van der Waals surface area contributed by atoms with Crippen LogP contribution in [-0.4, -0.2) is 33.2 Å². The normalized spacial score (nSPS) is 27.2. The van der Waals surface area contributed by atoms with Crippen molar-refractivity contribution >= 4 is 7.82 Å². The van der Waals surface area contributed by atoms with Crippen molar-refractivity contribution < 1.29 is 53.2 Å². The van der Waals surface area contributed by atoms with Crippen molar-refractivity contribution in [2.24, 2.45) is 5.73 Å². The van der Waals surface area contributed by atoms with Crippen LogP contribution in [0.5, 0.6) is 0 Å². The van der Waals surface area contributed by atoms with Gasteiger partial charge in [-0.3, -0.25) is 18.9 Å². The van der Waals surface area contributed by atoms with Gasteiger partial charge in [0.15, 0.2) is 0 Å². The van der Waals surface area contributed by atoms with Gasteiger partial charge in [0, 0.05) is 24.2 Å². The number of nitrogens with two attached hydrogens (primary N) is 1. The fourth-order valence-electron chi connectivity index (χ4n) is 2.05. The molecule has 2 rings (SSSR count). The van der Waals surface area contributed by atoms with Crippen LogP contribution in [0.25, 0.3) is 0 Å². The number of hydrogen-bond acceptors (Lipinski definition) is 7. The Balaban J connectivity index is 0.00000242. The molecule has 1 fully saturated rings. The number of H-pyrrole nitrogens is 1. The number of hydrogen-bond donors (Lipinski definition) is 3. The molecule has 0 bridgehead atoms. The van der Waals surface area contributed by atoms with Crippen molar-refractivity contribution in [3.05, 3.63) is 32.6 Å². The Morgan fingerprint density at radius 2 is 2.27 bits per heavy atom. The van der Waals surface area contributed by atoms with Crippen LogP contribution in [0, 0.1) is 6.92 Å². The van der Waals surface area contributed by atoms with Gasteiger partial charge in [-0.25, -0.2) is 4.79 Å². The summed E-state index contributed by atoms with van der Waals surface area (Å²) in [5.74, 6) is 0. The molecule has 22 heavy (non-hydrogen) atoms. The van der Waals surface area contributed by atoms with E-state index in [4.69, 9.17) is 15.4 Å². The topological polar surface area (TPSA) is 160 Å². The second-order valence-corrected chi connectivity index (χ2v) is 5.97. The van der Waals surface area contributed by atoms with Gasteiger partial charge in [-0.2, -0.15) is 0 Å². The van der Waals surface area contributed by atoms with Crippen molar-refractivity contribution in [1.82, 2.24) is 9.55 Å². The zero-order valence-electron chi connectivity index (χ0n) is 12.1. The molecule has 0 aromatic carbocycles. The Kier molecular flexibility index (Phi) is 6.75. The summed E-state index contributed by atoms with van der Waals surface area (Å²) in [4.78, 5) is 44.3. The van der Waals surface area contributed by atoms with E-state index in [1.807, 2.05) is 0 Å². The van der Waals surface area contributed by atoms with Crippen LogP contribution in [-0.2, 0) is 13.8 Å². The van der Waals surface area contributed by atoms with Crippen LogP contribution in [0.4, 0.5) is 0 Å². The largest absolute Gasteiger partial charge is 1.00 e. The summed E-state index contributed by atoms with van der Waals surface area (Å²) < 4.78 is 21.4. The van der Waals surface area contributed by atoms with E-state index in [0.717, 1.165) is 0 Å². The first-order valence-electron chi connectivity index (χ1n) is 6.09. The third kappa shape index (κ3) is 4.85. The first-order chi connectivity index (χ1) is 9.67. The second-order valence-electron chi connectivity index (χ2n) is 4.77. The summed E-state index contributed by atoms with van der Waals surface area (Å²) in [5, 5.41) is 0. The summed E-state index contributed by atoms with van der Waals surface area (Å²) in [7, 11) is -4.86. The van der Waals surface area contributed by atoms with Crippen molar-refractivity contribution in [2.75, 3.05) is 6.61 Å². The molecule has 0 radical (unpaired) electrons. The molecule has 12 heteroatoms. The minimum absolute atomic E-state index is 0. The Bertz CT molecular complexity index is 684.